The van der Waals surface area contributed by atoms with Gasteiger partial charge in [-0.05, 0) is 42.0 Å². The second-order valence-electron chi connectivity index (χ2n) is 7.25. The van der Waals surface area contributed by atoms with Crippen LogP contribution in [0, 0.1) is 0 Å². The van der Waals surface area contributed by atoms with Crippen LogP contribution in [-0.2, 0) is 0 Å². The maximum atomic E-state index is 6.45. The van der Waals surface area contributed by atoms with Gasteiger partial charge in [0.1, 0.15) is 17.0 Å². The van der Waals surface area contributed by atoms with E-state index < -0.39 is 0 Å². The zero-order valence-corrected chi connectivity index (χ0v) is 16.4. The SMILES string of the molecule is COc1ccc2c(-c3ccccc3)c(-c3nc4ccccc4n4cccc34)oc2c1. The number of rotatable bonds is 3. The highest BCUT2D eigenvalue weighted by atomic mass is 16.5. The Kier molecular flexibility index (Phi) is 3.65. The van der Waals surface area contributed by atoms with Gasteiger partial charge in [0, 0.05) is 23.2 Å². The second kappa shape index (κ2) is 6.49. The molecular weight excluding hydrogens is 372 g/mol. The summed E-state index contributed by atoms with van der Waals surface area (Å²) < 4.78 is 14.0. The minimum Gasteiger partial charge on any atom is -0.497 e. The highest BCUT2D eigenvalue weighted by molar-refractivity contribution is 6.04. The van der Waals surface area contributed by atoms with E-state index in [1.165, 1.54) is 0 Å². The molecule has 0 atom stereocenters. The van der Waals surface area contributed by atoms with Gasteiger partial charge >= 0.3 is 0 Å². The summed E-state index contributed by atoms with van der Waals surface area (Å²) in [7, 11) is 1.66. The lowest BCUT2D eigenvalue weighted by molar-refractivity contribution is 0.414. The summed E-state index contributed by atoms with van der Waals surface area (Å²) in [5.74, 6) is 1.53. The molecule has 0 bridgehead atoms. The third-order valence-electron chi connectivity index (χ3n) is 5.54. The van der Waals surface area contributed by atoms with Crippen LogP contribution in [0.5, 0.6) is 5.75 Å². The lowest BCUT2D eigenvalue weighted by atomic mass is 10.00. The second-order valence-corrected chi connectivity index (χ2v) is 7.25. The highest BCUT2D eigenvalue weighted by Gasteiger charge is 2.22. The van der Waals surface area contributed by atoms with Crippen molar-refractivity contribution in [1.82, 2.24) is 9.38 Å². The van der Waals surface area contributed by atoms with Crippen molar-refractivity contribution in [3.05, 3.63) is 91.1 Å². The van der Waals surface area contributed by atoms with E-state index in [1.807, 2.05) is 54.6 Å². The van der Waals surface area contributed by atoms with E-state index in [1.54, 1.807) is 7.11 Å². The number of aromatic nitrogens is 2. The van der Waals surface area contributed by atoms with E-state index in [2.05, 4.69) is 40.9 Å². The number of nitrogens with zero attached hydrogens (tertiary/aromatic N) is 2. The molecule has 0 saturated carbocycles. The summed E-state index contributed by atoms with van der Waals surface area (Å²) in [6.07, 6.45) is 2.07. The van der Waals surface area contributed by atoms with Gasteiger partial charge in [-0.25, -0.2) is 4.98 Å². The smallest absolute Gasteiger partial charge is 0.163 e. The molecule has 0 amide bonds. The van der Waals surface area contributed by atoms with E-state index in [0.717, 1.165) is 55.8 Å². The first-order valence-electron chi connectivity index (χ1n) is 9.85. The van der Waals surface area contributed by atoms with E-state index in [-0.39, 0.29) is 0 Å². The number of hydrogen-bond donors (Lipinski definition) is 0. The predicted molar refractivity (Wildman–Crippen MR) is 120 cm³/mol. The Balaban J connectivity index is 1.75. The molecule has 0 aliphatic rings. The van der Waals surface area contributed by atoms with Gasteiger partial charge in [-0.3, -0.25) is 0 Å². The van der Waals surface area contributed by atoms with Crippen molar-refractivity contribution >= 4 is 27.5 Å². The fourth-order valence-corrected chi connectivity index (χ4v) is 4.15. The van der Waals surface area contributed by atoms with Gasteiger partial charge in [0.15, 0.2) is 5.76 Å². The molecule has 0 unspecified atom stereocenters. The number of ether oxygens (including phenoxy) is 1. The normalized spacial score (nSPS) is 11.5. The van der Waals surface area contributed by atoms with E-state index in [0.29, 0.717) is 0 Å². The van der Waals surface area contributed by atoms with Crippen LogP contribution in [0.25, 0.3) is 50.1 Å². The maximum Gasteiger partial charge on any atom is 0.163 e. The van der Waals surface area contributed by atoms with Crippen LogP contribution in [0.3, 0.4) is 0 Å². The van der Waals surface area contributed by atoms with Gasteiger partial charge in [-0.2, -0.15) is 0 Å². The third-order valence-corrected chi connectivity index (χ3v) is 5.54. The average Bonchev–Trinajstić information content (AvgIpc) is 3.44. The van der Waals surface area contributed by atoms with Crippen molar-refractivity contribution < 1.29 is 9.15 Å². The largest absolute Gasteiger partial charge is 0.497 e. The predicted octanol–water partition coefficient (Wildman–Crippen LogP) is 6.58. The van der Waals surface area contributed by atoms with Crippen LogP contribution in [0.1, 0.15) is 0 Å². The average molecular weight is 390 g/mol. The molecule has 0 saturated heterocycles. The third kappa shape index (κ3) is 2.44. The molecule has 6 rings (SSSR count). The van der Waals surface area contributed by atoms with Gasteiger partial charge in [0.25, 0.3) is 0 Å². The van der Waals surface area contributed by atoms with Gasteiger partial charge < -0.3 is 13.6 Å². The fraction of sp³-hybridized carbons (Fsp3) is 0.0385. The van der Waals surface area contributed by atoms with Crippen molar-refractivity contribution in [2.24, 2.45) is 0 Å². The standard InChI is InChI=1S/C26H18N2O2/c1-29-18-13-14-19-23(16-18)30-26(24(19)17-8-3-2-4-9-17)25-22-12-7-15-28(22)21-11-6-5-10-20(21)27-25/h2-16H,1H3. The molecule has 6 aromatic rings. The van der Waals surface area contributed by atoms with E-state index in [9.17, 15) is 0 Å². The van der Waals surface area contributed by atoms with Gasteiger partial charge in [0.2, 0.25) is 0 Å². The van der Waals surface area contributed by atoms with Gasteiger partial charge in [-0.1, -0.05) is 42.5 Å². The summed E-state index contributed by atoms with van der Waals surface area (Å²) in [4.78, 5) is 5.02. The molecule has 3 aromatic heterocycles. The molecule has 0 N–H and O–H groups in total. The minimum atomic E-state index is 0.763. The van der Waals surface area contributed by atoms with Crippen molar-refractivity contribution in [2.75, 3.05) is 7.11 Å². The Labute approximate surface area is 173 Å². The van der Waals surface area contributed by atoms with Crippen LogP contribution in [0.2, 0.25) is 0 Å². The number of fused-ring (bicyclic) bond motifs is 4. The van der Waals surface area contributed by atoms with Crippen molar-refractivity contribution in [3.8, 4) is 28.3 Å². The number of furan rings is 1. The molecular formula is C26H18N2O2. The first kappa shape index (κ1) is 16.9. The minimum absolute atomic E-state index is 0.763. The molecule has 30 heavy (non-hydrogen) atoms. The molecule has 4 heteroatoms. The Bertz CT molecular complexity index is 1530. The molecule has 0 aliphatic heterocycles. The molecule has 3 aromatic carbocycles. The first-order valence-corrected chi connectivity index (χ1v) is 9.85. The number of para-hydroxylation sites is 2. The molecule has 4 nitrogen and oxygen atoms in total. The monoisotopic (exact) mass is 390 g/mol. The van der Waals surface area contributed by atoms with Crippen LogP contribution < -0.4 is 4.74 Å². The molecule has 0 aliphatic carbocycles. The fourth-order valence-electron chi connectivity index (χ4n) is 4.15. The quantitative estimate of drug-likeness (QED) is 0.343. The van der Waals surface area contributed by atoms with Crippen LogP contribution in [-0.4, -0.2) is 16.5 Å². The van der Waals surface area contributed by atoms with Crippen molar-refractivity contribution in [2.45, 2.75) is 0 Å². The zero-order valence-electron chi connectivity index (χ0n) is 16.4. The lowest BCUT2D eigenvalue weighted by Crippen LogP contribution is -1.94. The Morgan fingerprint density at radius 3 is 2.50 bits per heavy atom. The van der Waals surface area contributed by atoms with Gasteiger partial charge in [0.05, 0.1) is 23.7 Å². The topological polar surface area (TPSA) is 39.7 Å². The highest BCUT2D eigenvalue weighted by Crippen LogP contribution is 2.42. The van der Waals surface area contributed by atoms with Crippen LogP contribution in [0.4, 0.5) is 0 Å². The summed E-state index contributed by atoms with van der Waals surface area (Å²) >= 11 is 0. The Morgan fingerprint density at radius 1 is 0.833 bits per heavy atom. The first-order chi connectivity index (χ1) is 14.8. The summed E-state index contributed by atoms with van der Waals surface area (Å²) in [6.45, 7) is 0. The summed E-state index contributed by atoms with van der Waals surface area (Å²) in [5, 5.41) is 1.04. The molecule has 0 radical (unpaired) electrons. The zero-order chi connectivity index (χ0) is 20.1. The Morgan fingerprint density at radius 2 is 1.63 bits per heavy atom. The molecule has 144 valence electrons. The van der Waals surface area contributed by atoms with E-state index in [4.69, 9.17) is 14.1 Å². The van der Waals surface area contributed by atoms with Crippen LogP contribution in [0.15, 0.2) is 95.5 Å². The van der Waals surface area contributed by atoms with Gasteiger partial charge in [-0.15, -0.1) is 0 Å². The maximum absolute atomic E-state index is 6.45. The van der Waals surface area contributed by atoms with E-state index >= 15 is 0 Å². The number of benzene rings is 3. The summed E-state index contributed by atoms with van der Waals surface area (Å²) in [5.41, 5.74) is 6.75. The summed E-state index contributed by atoms with van der Waals surface area (Å²) in [6, 6.07) is 28.6. The van der Waals surface area contributed by atoms with Crippen LogP contribution >= 0.6 is 0 Å². The molecule has 0 spiro atoms. The number of hydrogen-bond acceptors (Lipinski definition) is 3. The number of methoxy groups -OCH3 is 1. The molecule has 0 fully saturated rings. The van der Waals surface area contributed by atoms with Crippen molar-refractivity contribution in [1.29, 1.82) is 0 Å². The Hall–Kier alpha value is -4.05. The molecule has 3 heterocycles. The lowest BCUT2D eigenvalue weighted by Gasteiger charge is -2.09. The van der Waals surface area contributed by atoms with Crippen molar-refractivity contribution in [3.63, 3.8) is 0 Å².